The molecule has 0 saturated heterocycles. The van der Waals surface area contributed by atoms with Crippen molar-refractivity contribution in [3.05, 3.63) is 255 Å². The first-order valence-electron chi connectivity index (χ1n) is 23.3. The monoisotopic (exact) mass is 795 g/mol. The quantitative estimate of drug-likeness (QED) is 0.141. The lowest BCUT2D eigenvalue weighted by Gasteiger charge is -2.26. The van der Waals surface area contributed by atoms with E-state index in [9.17, 15) is 0 Å². The van der Waals surface area contributed by atoms with Gasteiger partial charge in [0.05, 0.1) is 17.9 Å². The molecule has 0 aliphatic carbocycles. The molecule has 292 valence electrons. The Hall–Kier alpha value is -8.20. The Bertz CT molecular complexity index is 3540. The van der Waals surface area contributed by atoms with Gasteiger partial charge >= 0.3 is 0 Å². The Morgan fingerprint density at radius 3 is 1.18 bits per heavy atom. The smallest absolute Gasteiger partial charge is 0.0629 e. The minimum Gasteiger partial charge on any atom is -0.311 e. The van der Waals surface area contributed by atoms with Crippen LogP contribution in [-0.4, -0.2) is 4.57 Å². The van der Waals surface area contributed by atoms with Gasteiger partial charge in [-0.3, -0.25) is 0 Å². The van der Waals surface area contributed by atoms with E-state index in [1.807, 2.05) is 48.5 Å². The molecule has 62 heavy (non-hydrogen) atoms. The minimum atomic E-state index is -0.403. The number of benzene rings is 10. The van der Waals surface area contributed by atoms with E-state index in [1.54, 1.807) is 0 Å². The molecule has 0 aliphatic rings. The SMILES string of the molecule is [2H]c1c([2H])c([2H])c(-c2ccc(N(c3ccc(-c4ccccc4)cc3)c3ccc(-c4ccc(-c5ccc6c7ccccc7n(-c7ccc(-c8ccccc8)cc7)c6c5)cc4)cc3)cc2)c([2H])c1[2H]. The number of fused-ring (bicyclic) bond motifs is 3. The Balaban J connectivity index is 0.909. The number of para-hydroxylation sites is 1. The van der Waals surface area contributed by atoms with Crippen molar-refractivity contribution in [3.63, 3.8) is 0 Å². The summed E-state index contributed by atoms with van der Waals surface area (Å²) in [5, 5.41) is 2.44. The van der Waals surface area contributed by atoms with Crippen molar-refractivity contribution < 1.29 is 6.85 Å². The summed E-state index contributed by atoms with van der Waals surface area (Å²) < 4.78 is 43.9. The topological polar surface area (TPSA) is 8.17 Å². The first-order chi connectivity index (χ1) is 32.8. The summed E-state index contributed by atoms with van der Waals surface area (Å²) in [5.74, 6) is 0. The van der Waals surface area contributed by atoms with Crippen LogP contribution < -0.4 is 4.90 Å². The normalized spacial score (nSPS) is 12.4. The zero-order chi connectivity index (χ0) is 45.6. The van der Waals surface area contributed by atoms with Gasteiger partial charge < -0.3 is 9.47 Å². The van der Waals surface area contributed by atoms with Crippen molar-refractivity contribution in [3.8, 4) is 61.3 Å². The number of hydrogen-bond acceptors (Lipinski definition) is 1. The van der Waals surface area contributed by atoms with Gasteiger partial charge in [-0.2, -0.15) is 0 Å². The van der Waals surface area contributed by atoms with Crippen LogP contribution in [0.4, 0.5) is 17.1 Å². The second-order valence-corrected chi connectivity index (χ2v) is 15.4. The average molecular weight is 796 g/mol. The van der Waals surface area contributed by atoms with Gasteiger partial charge in [0.25, 0.3) is 0 Å². The fourth-order valence-corrected chi connectivity index (χ4v) is 8.57. The lowest BCUT2D eigenvalue weighted by atomic mass is 9.99. The minimum absolute atomic E-state index is 0.181. The zero-order valence-corrected chi connectivity index (χ0v) is 33.8. The highest BCUT2D eigenvalue weighted by molar-refractivity contribution is 6.10. The van der Waals surface area contributed by atoms with Crippen molar-refractivity contribution in [2.24, 2.45) is 0 Å². The van der Waals surface area contributed by atoms with Crippen molar-refractivity contribution in [2.75, 3.05) is 4.90 Å². The van der Waals surface area contributed by atoms with E-state index in [-0.39, 0.29) is 29.7 Å². The molecule has 10 aromatic carbocycles. The summed E-state index contributed by atoms with van der Waals surface area (Å²) in [6.07, 6.45) is 0. The first-order valence-corrected chi connectivity index (χ1v) is 20.8. The second kappa shape index (κ2) is 16.1. The predicted octanol–water partition coefficient (Wildman–Crippen LogP) is 16.6. The van der Waals surface area contributed by atoms with E-state index < -0.39 is 6.04 Å². The van der Waals surface area contributed by atoms with Gasteiger partial charge in [0, 0.05) is 33.5 Å². The number of hydrogen-bond donors (Lipinski definition) is 0. The lowest BCUT2D eigenvalue weighted by molar-refractivity contribution is 1.18. The number of rotatable bonds is 9. The fraction of sp³-hybridized carbons (Fsp3) is 0. The van der Waals surface area contributed by atoms with Gasteiger partial charge in [-0.15, -0.1) is 0 Å². The molecule has 0 aliphatic heterocycles. The molecule has 1 heterocycles. The van der Waals surface area contributed by atoms with Crippen LogP contribution >= 0.6 is 0 Å². The highest BCUT2D eigenvalue weighted by Gasteiger charge is 2.16. The molecule has 0 bridgehead atoms. The van der Waals surface area contributed by atoms with E-state index in [2.05, 4.69) is 185 Å². The first kappa shape index (κ1) is 31.7. The Labute approximate surface area is 369 Å². The maximum atomic E-state index is 8.55. The molecule has 0 spiro atoms. The lowest BCUT2D eigenvalue weighted by Crippen LogP contribution is -2.09. The van der Waals surface area contributed by atoms with Crippen LogP contribution in [0.2, 0.25) is 0 Å². The van der Waals surface area contributed by atoms with E-state index in [1.165, 1.54) is 27.4 Å². The number of nitrogens with zero attached hydrogens (tertiary/aromatic N) is 2. The van der Waals surface area contributed by atoms with Crippen LogP contribution in [0, 0.1) is 0 Å². The molecule has 2 nitrogen and oxygen atoms in total. The van der Waals surface area contributed by atoms with Crippen LogP contribution in [0.5, 0.6) is 0 Å². The Morgan fingerprint density at radius 2 is 0.661 bits per heavy atom. The summed E-state index contributed by atoms with van der Waals surface area (Å²) in [4.78, 5) is 2.17. The van der Waals surface area contributed by atoms with Gasteiger partial charge in [0.2, 0.25) is 0 Å². The molecule has 0 fully saturated rings. The molecule has 0 atom stereocenters. The largest absolute Gasteiger partial charge is 0.311 e. The van der Waals surface area contributed by atoms with Gasteiger partial charge in [-0.1, -0.05) is 194 Å². The van der Waals surface area contributed by atoms with Gasteiger partial charge in [0.15, 0.2) is 0 Å². The Kier molecular flexibility index (Phi) is 8.23. The third kappa shape index (κ3) is 7.04. The molecule has 11 rings (SSSR count). The van der Waals surface area contributed by atoms with Gasteiger partial charge in [0.1, 0.15) is 0 Å². The molecule has 0 saturated carbocycles. The molecule has 0 amide bonds. The van der Waals surface area contributed by atoms with Crippen LogP contribution in [-0.2, 0) is 0 Å². The van der Waals surface area contributed by atoms with Gasteiger partial charge in [-0.25, -0.2) is 0 Å². The van der Waals surface area contributed by atoms with E-state index in [0.29, 0.717) is 5.56 Å². The molecule has 0 radical (unpaired) electrons. The molecule has 2 heteroatoms. The average Bonchev–Trinajstić information content (AvgIpc) is 3.73. The maximum absolute atomic E-state index is 8.55. The number of anilines is 3. The molecule has 0 unspecified atom stereocenters. The van der Waals surface area contributed by atoms with E-state index in [0.717, 1.165) is 61.6 Å². The van der Waals surface area contributed by atoms with Crippen LogP contribution in [0.25, 0.3) is 83.1 Å². The summed E-state index contributed by atoms with van der Waals surface area (Å²) in [6, 6.07) is 76.7. The summed E-state index contributed by atoms with van der Waals surface area (Å²) in [5.41, 5.74) is 16.0. The van der Waals surface area contributed by atoms with E-state index >= 15 is 0 Å². The molecule has 0 N–H and O–H groups in total. The molecular formula is C60H42N2. The highest BCUT2D eigenvalue weighted by atomic mass is 15.1. The second-order valence-electron chi connectivity index (χ2n) is 15.4. The van der Waals surface area contributed by atoms with Crippen molar-refractivity contribution >= 4 is 38.9 Å². The molecular weight excluding hydrogens is 749 g/mol. The number of aromatic nitrogens is 1. The van der Waals surface area contributed by atoms with E-state index in [4.69, 9.17) is 6.85 Å². The highest BCUT2D eigenvalue weighted by Crippen LogP contribution is 2.39. The van der Waals surface area contributed by atoms with Crippen molar-refractivity contribution in [1.82, 2.24) is 4.57 Å². The van der Waals surface area contributed by atoms with Crippen molar-refractivity contribution in [2.45, 2.75) is 0 Å². The summed E-state index contributed by atoms with van der Waals surface area (Å²) in [6.45, 7) is 0. The molecule has 11 aromatic rings. The Morgan fingerprint density at radius 1 is 0.290 bits per heavy atom. The fourth-order valence-electron chi connectivity index (χ4n) is 8.57. The van der Waals surface area contributed by atoms with Crippen molar-refractivity contribution in [1.29, 1.82) is 0 Å². The summed E-state index contributed by atoms with van der Waals surface area (Å²) >= 11 is 0. The standard InChI is InChI=1S/C60H42N2/c1-4-12-43(13-5-1)47-24-33-53(34-25-47)61(54-35-26-48(27-36-54)44-14-6-2-7-15-44)55-37-28-50(29-38-55)46-20-22-51(23-21-46)52-32-41-58-57-18-10-11-19-59(57)62(60(58)42-52)56-39-30-49(31-40-56)45-16-8-3-9-17-45/h1-42H/i1D,4D,5D,12D,13D. The third-order valence-electron chi connectivity index (χ3n) is 11.7. The predicted molar refractivity (Wildman–Crippen MR) is 263 cm³/mol. The van der Waals surface area contributed by atoms with Crippen LogP contribution in [0.3, 0.4) is 0 Å². The summed E-state index contributed by atoms with van der Waals surface area (Å²) in [7, 11) is 0. The maximum Gasteiger partial charge on any atom is 0.0629 e. The van der Waals surface area contributed by atoms with Crippen LogP contribution in [0.15, 0.2) is 255 Å². The van der Waals surface area contributed by atoms with Crippen LogP contribution in [0.1, 0.15) is 6.85 Å². The van der Waals surface area contributed by atoms with Gasteiger partial charge in [-0.05, 0) is 116 Å². The molecule has 1 aromatic heterocycles. The third-order valence-corrected chi connectivity index (χ3v) is 11.7. The zero-order valence-electron chi connectivity index (χ0n) is 38.8.